The van der Waals surface area contributed by atoms with Gasteiger partial charge in [-0.05, 0) is 49.9 Å². The Morgan fingerprint density at radius 3 is 2.63 bits per heavy atom. The first-order valence-corrected chi connectivity index (χ1v) is 8.93. The van der Waals surface area contributed by atoms with E-state index >= 15 is 0 Å². The van der Waals surface area contributed by atoms with Crippen LogP contribution >= 0.6 is 0 Å². The first kappa shape index (κ1) is 18.8. The lowest BCUT2D eigenvalue weighted by Crippen LogP contribution is -2.27. The van der Waals surface area contributed by atoms with Gasteiger partial charge >= 0.3 is 0 Å². The van der Waals surface area contributed by atoms with Gasteiger partial charge in [0.05, 0.1) is 5.69 Å². The van der Waals surface area contributed by atoms with Gasteiger partial charge in [-0.15, -0.1) is 0 Å². The molecule has 0 radical (unpaired) electrons. The van der Waals surface area contributed by atoms with Crippen molar-refractivity contribution >= 4 is 16.9 Å². The summed E-state index contributed by atoms with van der Waals surface area (Å²) in [5, 5.41) is 8.13. The van der Waals surface area contributed by atoms with Crippen LogP contribution in [0.5, 0.6) is 0 Å². The third kappa shape index (κ3) is 4.07. The van der Waals surface area contributed by atoms with Crippen molar-refractivity contribution in [1.82, 2.24) is 20.1 Å². The minimum atomic E-state index is -0.274. The van der Waals surface area contributed by atoms with Gasteiger partial charge in [0.1, 0.15) is 11.5 Å². The number of rotatable bonds is 6. The molecule has 2 N–H and O–H groups in total. The number of nitrogens with one attached hydrogen (secondary N) is 2. The first-order valence-electron chi connectivity index (χ1n) is 8.93. The molecule has 0 aliphatic carbocycles. The molecule has 0 bridgehead atoms. The Balaban J connectivity index is 1.61. The second kappa shape index (κ2) is 7.73. The number of nitrogens with zero attached hydrogens (tertiary/aromatic N) is 2. The molecular weight excluding hydrogens is 347 g/mol. The summed E-state index contributed by atoms with van der Waals surface area (Å²) in [5.41, 5.74) is 3.82. The number of pyridine rings is 1. The number of aromatic nitrogens is 3. The van der Waals surface area contributed by atoms with Gasteiger partial charge in [-0.2, -0.15) is 5.10 Å². The van der Waals surface area contributed by atoms with Gasteiger partial charge in [-0.3, -0.25) is 14.3 Å². The van der Waals surface area contributed by atoms with Crippen molar-refractivity contribution < 1.29 is 9.18 Å². The quantitative estimate of drug-likeness (QED) is 0.699. The SMILES string of the molecule is Cc1nn(C)c2[nH]c(=O)c(CCC(=O)NCCc3ccc(F)cc3)c(C)c12. The van der Waals surface area contributed by atoms with Crippen molar-refractivity contribution in [2.45, 2.75) is 33.1 Å². The largest absolute Gasteiger partial charge is 0.356 e. The fourth-order valence-corrected chi connectivity index (χ4v) is 3.38. The van der Waals surface area contributed by atoms with Crippen LogP contribution in [-0.2, 0) is 24.7 Å². The topological polar surface area (TPSA) is 79.8 Å². The highest BCUT2D eigenvalue weighted by Crippen LogP contribution is 2.21. The van der Waals surface area contributed by atoms with E-state index < -0.39 is 0 Å². The van der Waals surface area contributed by atoms with Crippen molar-refractivity contribution in [2.75, 3.05) is 6.54 Å². The molecule has 0 spiro atoms. The number of benzene rings is 1. The molecule has 2 aromatic heterocycles. The molecule has 142 valence electrons. The van der Waals surface area contributed by atoms with E-state index in [1.165, 1.54) is 12.1 Å². The fraction of sp³-hybridized carbons (Fsp3) is 0.350. The minimum absolute atomic E-state index is 0.112. The Hall–Kier alpha value is -2.96. The maximum atomic E-state index is 12.9. The number of fused-ring (bicyclic) bond motifs is 1. The van der Waals surface area contributed by atoms with Crippen LogP contribution in [0, 0.1) is 19.7 Å². The highest BCUT2D eigenvalue weighted by atomic mass is 19.1. The highest BCUT2D eigenvalue weighted by molar-refractivity contribution is 5.83. The van der Waals surface area contributed by atoms with Gasteiger partial charge < -0.3 is 10.3 Å². The summed E-state index contributed by atoms with van der Waals surface area (Å²) in [6.07, 6.45) is 1.23. The molecular formula is C20H23FN4O2. The van der Waals surface area contributed by atoms with Crippen molar-refractivity contribution in [3.63, 3.8) is 0 Å². The zero-order chi connectivity index (χ0) is 19.6. The Morgan fingerprint density at radius 2 is 1.93 bits per heavy atom. The third-order valence-corrected chi connectivity index (χ3v) is 4.81. The molecule has 0 atom stereocenters. The number of aromatic amines is 1. The zero-order valence-corrected chi connectivity index (χ0v) is 15.7. The van der Waals surface area contributed by atoms with Crippen molar-refractivity contribution in [3.8, 4) is 0 Å². The van der Waals surface area contributed by atoms with E-state index in [2.05, 4.69) is 15.4 Å². The second-order valence-electron chi connectivity index (χ2n) is 6.72. The Labute approximate surface area is 156 Å². The Morgan fingerprint density at radius 1 is 1.22 bits per heavy atom. The van der Waals surface area contributed by atoms with Crippen LogP contribution in [0.3, 0.4) is 0 Å². The normalized spacial score (nSPS) is 11.1. The van der Waals surface area contributed by atoms with Crippen LogP contribution in [0.2, 0.25) is 0 Å². The van der Waals surface area contributed by atoms with Crippen LogP contribution in [-0.4, -0.2) is 27.2 Å². The number of halogens is 1. The van der Waals surface area contributed by atoms with Crippen molar-refractivity contribution in [1.29, 1.82) is 0 Å². The molecule has 0 aliphatic rings. The van der Waals surface area contributed by atoms with Gasteiger partial charge in [-0.25, -0.2) is 4.39 Å². The van der Waals surface area contributed by atoms with Gasteiger partial charge in [0.25, 0.3) is 5.56 Å². The number of hydrogen-bond donors (Lipinski definition) is 2. The second-order valence-corrected chi connectivity index (χ2v) is 6.72. The predicted molar refractivity (Wildman–Crippen MR) is 102 cm³/mol. The van der Waals surface area contributed by atoms with Crippen LogP contribution < -0.4 is 10.9 Å². The summed E-state index contributed by atoms with van der Waals surface area (Å²) >= 11 is 0. The van der Waals surface area contributed by atoms with Gasteiger partial charge in [0, 0.05) is 31.0 Å². The van der Waals surface area contributed by atoms with E-state index in [1.54, 1.807) is 23.9 Å². The van der Waals surface area contributed by atoms with Gasteiger partial charge in [-0.1, -0.05) is 12.1 Å². The summed E-state index contributed by atoms with van der Waals surface area (Å²) in [7, 11) is 1.79. The molecule has 0 saturated carbocycles. The maximum Gasteiger partial charge on any atom is 0.253 e. The van der Waals surface area contributed by atoms with Crippen LogP contribution in [0.15, 0.2) is 29.1 Å². The minimum Gasteiger partial charge on any atom is -0.356 e. The molecule has 3 rings (SSSR count). The van der Waals surface area contributed by atoms with Gasteiger partial charge in [0.15, 0.2) is 0 Å². The van der Waals surface area contributed by atoms with E-state index in [4.69, 9.17) is 0 Å². The first-order chi connectivity index (χ1) is 12.9. The lowest BCUT2D eigenvalue weighted by atomic mass is 10.0. The zero-order valence-electron chi connectivity index (χ0n) is 15.7. The Bertz CT molecular complexity index is 1030. The molecule has 3 aromatic rings. The molecule has 6 nitrogen and oxygen atoms in total. The average molecular weight is 370 g/mol. The monoisotopic (exact) mass is 370 g/mol. The standard InChI is InChI=1S/C20H23FN4O2/c1-12-16(20(27)23-19-18(12)13(2)24-25(19)3)8-9-17(26)22-11-10-14-4-6-15(21)7-5-14/h4-7H,8-11H2,1-3H3,(H,22,26)(H,23,27). The Kier molecular flexibility index (Phi) is 5.39. The summed E-state index contributed by atoms with van der Waals surface area (Å²) in [6.45, 7) is 4.27. The summed E-state index contributed by atoms with van der Waals surface area (Å²) in [5.74, 6) is -0.386. The summed E-state index contributed by atoms with van der Waals surface area (Å²) in [4.78, 5) is 27.4. The number of aryl methyl sites for hydroxylation is 3. The van der Waals surface area contributed by atoms with Crippen molar-refractivity contribution in [2.24, 2.45) is 7.05 Å². The van der Waals surface area contributed by atoms with Gasteiger partial charge in [0.2, 0.25) is 5.91 Å². The fourth-order valence-electron chi connectivity index (χ4n) is 3.38. The average Bonchev–Trinajstić information content (AvgIpc) is 2.90. The number of carbonyl (C=O) groups is 1. The molecule has 0 unspecified atom stereocenters. The molecule has 0 aliphatic heterocycles. The maximum absolute atomic E-state index is 12.9. The molecule has 7 heteroatoms. The van der Waals surface area contributed by atoms with Crippen LogP contribution in [0.1, 0.15) is 28.8 Å². The van der Waals surface area contributed by atoms with E-state index in [-0.39, 0.29) is 23.7 Å². The van der Waals surface area contributed by atoms with E-state index in [1.807, 2.05) is 13.8 Å². The molecule has 2 heterocycles. The number of amides is 1. The number of carbonyl (C=O) groups excluding carboxylic acids is 1. The summed E-state index contributed by atoms with van der Waals surface area (Å²) < 4.78 is 14.5. The highest BCUT2D eigenvalue weighted by Gasteiger charge is 2.15. The van der Waals surface area contributed by atoms with E-state index in [0.29, 0.717) is 30.6 Å². The molecule has 0 saturated heterocycles. The van der Waals surface area contributed by atoms with Crippen LogP contribution in [0.25, 0.3) is 11.0 Å². The van der Waals surface area contributed by atoms with Crippen LogP contribution in [0.4, 0.5) is 4.39 Å². The molecule has 0 fully saturated rings. The number of hydrogen-bond acceptors (Lipinski definition) is 3. The summed E-state index contributed by atoms with van der Waals surface area (Å²) in [6, 6.07) is 6.22. The lowest BCUT2D eigenvalue weighted by molar-refractivity contribution is -0.121. The molecule has 27 heavy (non-hydrogen) atoms. The molecule has 1 aromatic carbocycles. The van der Waals surface area contributed by atoms with E-state index in [9.17, 15) is 14.0 Å². The van der Waals surface area contributed by atoms with Crippen molar-refractivity contribution in [3.05, 3.63) is 62.8 Å². The molecule has 1 amide bonds. The van der Waals surface area contributed by atoms with E-state index in [0.717, 1.165) is 22.2 Å². The smallest absolute Gasteiger partial charge is 0.253 e. The third-order valence-electron chi connectivity index (χ3n) is 4.81. The number of H-pyrrole nitrogens is 1. The predicted octanol–water partition coefficient (Wildman–Crippen LogP) is 2.31. The lowest BCUT2D eigenvalue weighted by Gasteiger charge is -2.08.